The third-order valence-corrected chi connectivity index (χ3v) is 4.43. The zero-order chi connectivity index (χ0) is 20.1. The minimum Gasteiger partial charge on any atom is -0.493 e. The first-order valence-corrected chi connectivity index (χ1v) is 9.35. The van der Waals surface area contributed by atoms with Gasteiger partial charge in [-0.05, 0) is 44.1 Å². The summed E-state index contributed by atoms with van der Waals surface area (Å²) in [4.78, 5) is 8.80. The van der Waals surface area contributed by atoms with E-state index in [-0.39, 0.29) is 24.0 Å². The lowest BCUT2D eigenvalue weighted by Crippen LogP contribution is -2.41. The van der Waals surface area contributed by atoms with Gasteiger partial charge in [0.05, 0.1) is 20.8 Å². The van der Waals surface area contributed by atoms with Crippen molar-refractivity contribution in [2.24, 2.45) is 4.99 Å². The van der Waals surface area contributed by atoms with E-state index in [4.69, 9.17) is 14.2 Å². The number of nitrogens with one attached hydrogen (secondary N) is 1. The van der Waals surface area contributed by atoms with Crippen LogP contribution in [0.2, 0.25) is 0 Å². The number of halogens is 1. The minimum atomic E-state index is 0. The molecule has 0 atom stereocenters. The Bertz CT molecular complexity index is 572. The van der Waals surface area contributed by atoms with Gasteiger partial charge in [-0.2, -0.15) is 0 Å². The Morgan fingerprint density at radius 3 is 2.36 bits per heavy atom. The second-order valence-electron chi connectivity index (χ2n) is 6.48. The van der Waals surface area contributed by atoms with Crippen molar-refractivity contribution in [2.45, 2.75) is 12.8 Å². The van der Waals surface area contributed by atoms with E-state index < -0.39 is 0 Å². The Morgan fingerprint density at radius 1 is 1.04 bits per heavy atom. The quantitative estimate of drug-likeness (QED) is 0.203. The Labute approximate surface area is 187 Å². The molecule has 162 valence electrons. The fourth-order valence-electron chi connectivity index (χ4n) is 2.73. The molecule has 0 radical (unpaired) electrons. The zero-order valence-electron chi connectivity index (χ0n) is 18.2. The highest BCUT2D eigenvalue weighted by molar-refractivity contribution is 14.0. The van der Waals surface area contributed by atoms with Gasteiger partial charge in [-0.25, -0.2) is 0 Å². The van der Waals surface area contributed by atoms with Gasteiger partial charge in [0.1, 0.15) is 0 Å². The van der Waals surface area contributed by atoms with E-state index >= 15 is 0 Å². The molecular formula is C20H37IN4O3. The maximum Gasteiger partial charge on any atom is 0.193 e. The molecule has 0 bridgehead atoms. The predicted octanol–water partition coefficient (Wildman–Crippen LogP) is 2.34. The van der Waals surface area contributed by atoms with Crippen molar-refractivity contribution in [1.29, 1.82) is 0 Å². The average Bonchev–Trinajstić information content (AvgIpc) is 2.70. The summed E-state index contributed by atoms with van der Waals surface area (Å²) in [7, 11) is 11.0. The summed E-state index contributed by atoms with van der Waals surface area (Å²) in [5.74, 6) is 2.43. The summed E-state index contributed by atoms with van der Waals surface area (Å²) in [5, 5.41) is 3.43. The van der Waals surface area contributed by atoms with Crippen molar-refractivity contribution in [3.8, 4) is 11.5 Å². The van der Waals surface area contributed by atoms with Crippen LogP contribution in [0.3, 0.4) is 0 Å². The lowest BCUT2D eigenvalue weighted by Gasteiger charge is -2.23. The molecule has 1 rings (SSSR count). The van der Waals surface area contributed by atoms with E-state index in [2.05, 4.69) is 40.3 Å². The van der Waals surface area contributed by atoms with Crippen LogP contribution in [0.1, 0.15) is 12.0 Å². The van der Waals surface area contributed by atoms with E-state index in [1.54, 1.807) is 21.3 Å². The summed E-state index contributed by atoms with van der Waals surface area (Å²) in [6.45, 7) is 4.51. The first-order chi connectivity index (χ1) is 13.0. The van der Waals surface area contributed by atoms with Crippen LogP contribution < -0.4 is 14.8 Å². The van der Waals surface area contributed by atoms with Crippen LogP contribution in [0.15, 0.2) is 23.2 Å². The lowest BCUT2D eigenvalue weighted by molar-refractivity contribution is 0.161. The smallest absolute Gasteiger partial charge is 0.193 e. The highest BCUT2D eigenvalue weighted by Gasteiger charge is 2.08. The number of nitrogens with zero attached hydrogens (tertiary/aromatic N) is 3. The number of aliphatic imine (C=N–C) groups is 1. The Balaban J connectivity index is 0.00000729. The summed E-state index contributed by atoms with van der Waals surface area (Å²) in [5.41, 5.74) is 1.20. The molecule has 1 N–H and O–H groups in total. The van der Waals surface area contributed by atoms with E-state index in [0.717, 1.165) is 63.1 Å². The third-order valence-electron chi connectivity index (χ3n) is 4.43. The predicted molar refractivity (Wildman–Crippen MR) is 127 cm³/mol. The van der Waals surface area contributed by atoms with Crippen LogP contribution in [0.5, 0.6) is 11.5 Å². The number of hydrogen-bond acceptors (Lipinski definition) is 5. The summed E-state index contributed by atoms with van der Waals surface area (Å²) in [6, 6.07) is 6.04. The molecule has 0 aromatic heterocycles. The third kappa shape index (κ3) is 9.79. The number of likely N-dealkylation sites (N-methyl/N-ethyl adjacent to an activating group) is 2. The first-order valence-electron chi connectivity index (χ1n) is 9.35. The number of guanidine groups is 1. The van der Waals surface area contributed by atoms with Gasteiger partial charge >= 0.3 is 0 Å². The molecular weight excluding hydrogens is 471 g/mol. The molecule has 0 amide bonds. The second-order valence-corrected chi connectivity index (χ2v) is 6.48. The van der Waals surface area contributed by atoms with Gasteiger partial charge in [0, 0.05) is 40.8 Å². The van der Waals surface area contributed by atoms with Gasteiger partial charge in [-0.3, -0.25) is 4.99 Å². The number of methoxy groups -OCH3 is 3. The Hall–Kier alpha value is -1.26. The lowest BCUT2D eigenvalue weighted by atomic mass is 10.1. The van der Waals surface area contributed by atoms with Crippen molar-refractivity contribution in [2.75, 3.05) is 75.3 Å². The maximum atomic E-state index is 5.38. The summed E-state index contributed by atoms with van der Waals surface area (Å²) in [6.07, 6.45) is 1.96. The molecule has 28 heavy (non-hydrogen) atoms. The van der Waals surface area contributed by atoms with Crippen molar-refractivity contribution < 1.29 is 14.2 Å². The van der Waals surface area contributed by atoms with Crippen molar-refractivity contribution in [1.82, 2.24) is 15.1 Å². The number of hydrogen-bond donors (Lipinski definition) is 1. The minimum absolute atomic E-state index is 0. The van der Waals surface area contributed by atoms with Crippen LogP contribution in [0.4, 0.5) is 0 Å². The fourth-order valence-corrected chi connectivity index (χ4v) is 2.73. The van der Waals surface area contributed by atoms with Crippen molar-refractivity contribution in [3.05, 3.63) is 23.8 Å². The van der Waals surface area contributed by atoms with Gasteiger partial charge in [-0.1, -0.05) is 6.07 Å². The number of rotatable bonds is 12. The maximum absolute atomic E-state index is 5.38. The zero-order valence-corrected chi connectivity index (χ0v) is 20.5. The molecule has 0 aliphatic carbocycles. The normalized spacial score (nSPS) is 11.2. The molecule has 0 saturated carbocycles. The van der Waals surface area contributed by atoms with Gasteiger partial charge < -0.3 is 29.3 Å². The molecule has 1 aromatic rings. The molecule has 0 unspecified atom stereocenters. The first kappa shape index (κ1) is 26.7. The molecule has 0 spiro atoms. The van der Waals surface area contributed by atoms with E-state index in [9.17, 15) is 0 Å². The van der Waals surface area contributed by atoms with Crippen LogP contribution in [-0.4, -0.2) is 91.0 Å². The topological polar surface area (TPSA) is 58.6 Å². The fraction of sp³-hybridized carbons (Fsp3) is 0.650. The second kappa shape index (κ2) is 15.6. The van der Waals surface area contributed by atoms with Gasteiger partial charge in [0.15, 0.2) is 17.5 Å². The van der Waals surface area contributed by atoms with Crippen LogP contribution in [0.25, 0.3) is 0 Å². The molecule has 1 aromatic carbocycles. The van der Waals surface area contributed by atoms with E-state index in [1.165, 1.54) is 5.56 Å². The standard InChI is InChI=1S/C20H36N4O3.HI/c1-21-20(22-11-7-12-23(2)14-15-25-4)24(3)13-10-17-8-9-18(26-5)19(16-17)27-6;/h8-9,16H,7,10-15H2,1-6H3,(H,21,22);1H. The summed E-state index contributed by atoms with van der Waals surface area (Å²) < 4.78 is 15.8. The molecule has 0 aliphatic heterocycles. The van der Waals surface area contributed by atoms with Crippen LogP contribution >= 0.6 is 24.0 Å². The van der Waals surface area contributed by atoms with Crippen LogP contribution in [0, 0.1) is 0 Å². The molecule has 0 fully saturated rings. The van der Waals surface area contributed by atoms with E-state index in [0.29, 0.717) is 0 Å². The largest absolute Gasteiger partial charge is 0.493 e. The SMILES string of the molecule is CN=C(NCCCN(C)CCOC)N(C)CCc1ccc(OC)c(OC)c1.I. The monoisotopic (exact) mass is 508 g/mol. The highest BCUT2D eigenvalue weighted by Crippen LogP contribution is 2.27. The molecule has 7 nitrogen and oxygen atoms in total. The van der Waals surface area contributed by atoms with Crippen molar-refractivity contribution in [3.63, 3.8) is 0 Å². The molecule has 0 saturated heterocycles. The highest BCUT2D eigenvalue weighted by atomic mass is 127. The Morgan fingerprint density at radius 2 is 1.75 bits per heavy atom. The van der Waals surface area contributed by atoms with Crippen molar-refractivity contribution >= 4 is 29.9 Å². The van der Waals surface area contributed by atoms with Crippen LogP contribution in [-0.2, 0) is 11.2 Å². The number of ether oxygens (including phenoxy) is 3. The average molecular weight is 508 g/mol. The Kier molecular flexibility index (Phi) is 14.9. The molecule has 0 heterocycles. The van der Waals surface area contributed by atoms with Gasteiger partial charge in [0.25, 0.3) is 0 Å². The summed E-state index contributed by atoms with van der Waals surface area (Å²) >= 11 is 0. The van der Waals surface area contributed by atoms with Gasteiger partial charge in [-0.15, -0.1) is 24.0 Å². The van der Waals surface area contributed by atoms with Gasteiger partial charge in [0.2, 0.25) is 0 Å². The molecule has 8 heteroatoms. The van der Waals surface area contributed by atoms with E-state index in [1.807, 2.05) is 19.2 Å². The molecule has 0 aliphatic rings. The number of benzene rings is 1.